The van der Waals surface area contributed by atoms with Crippen LogP contribution in [0.2, 0.25) is 0 Å². The summed E-state index contributed by atoms with van der Waals surface area (Å²) in [5.74, 6) is 0.587. The summed E-state index contributed by atoms with van der Waals surface area (Å²) in [4.78, 5) is 2.47. The van der Waals surface area contributed by atoms with E-state index in [1.165, 1.54) is 25.9 Å². The summed E-state index contributed by atoms with van der Waals surface area (Å²) in [5.41, 5.74) is 0. The van der Waals surface area contributed by atoms with Gasteiger partial charge in [0.25, 0.3) is 0 Å². The minimum atomic E-state index is -2.82. The summed E-state index contributed by atoms with van der Waals surface area (Å²) in [6, 6.07) is 0.520. The fraction of sp³-hybridized carbons (Fsp3) is 1.00. The summed E-state index contributed by atoms with van der Waals surface area (Å²) < 4.78 is 23.0. The molecule has 0 saturated carbocycles. The van der Waals surface area contributed by atoms with Gasteiger partial charge in [-0.15, -0.1) is 0 Å². The summed E-state index contributed by atoms with van der Waals surface area (Å²) in [7, 11) is -2.82. The molecule has 1 atom stereocenters. The zero-order valence-corrected chi connectivity index (χ0v) is 11.9. The Morgan fingerprint density at radius 1 is 1.24 bits per heavy atom. The molecule has 0 radical (unpaired) electrons. The number of hydrogen-bond acceptors (Lipinski definition) is 4. The van der Waals surface area contributed by atoms with Crippen molar-refractivity contribution in [3.63, 3.8) is 0 Å². The largest absolute Gasteiger partial charge is 0.314 e. The van der Waals surface area contributed by atoms with Gasteiger partial charge in [-0.05, 0) is 39.3 Å². The highest BCUT2D eigenvalue weighted by Crippen LogP contribution is 2.10. The molecule has 0 aliphatic carbocycles. The predicted octanol–water partition coefficient (Wildman–Crippen LogP) is 0.885. The molecule has 1 unspecified atom stereocenters. The molecule has 1 N–H and O–H groups in total. The van der Waals surface area contributed by atoms with Crippen LogP contribution in [0.3, 0.4) is 0 Å². The van der Waals surface area contributed by atoms with E-state index in [4.69, 9.17) is 0 Å². The van der Waals surface area contributed by atoms with Crippen molar-refractivity contribution in [3.05, 3.63) is 0 Å². The fourth-order valence-corrected chi connectivity index (χ4v) is 3.54. The Hall–Kier alpha value is -0.130. The molecule has 1 saturated heterocycles. The van der Waals surface area contributed by atoms with Gasteiger partial charge in [0.15, 0.2) is 9.84 Å². The van der Waals surface area contributed by atoms with Gasteiger partial charge in [-0.2, -0.15) is 0 Å². The molecule has 1 fully saturated rings. The molecule has 0 aromatic rings. The van der Waals surface area contributed by atoms with Crippen LogP contribution in [0, 0.1) is 0 Å². The Labute approximate surface area is 106 Å². The van der Waals surface area contributed by atoms with Crippen LogP contribution in [-0.2, 0) is 9.84 Å². The number of nitrogens with zero attached hydrogens (tertiary/aromatic N) is 1. The Morgan fingerprint density at radius 2 is 1.88 bits per heavy atom. The lowest BCUT2D eigenvalue weighted by molar-refractivity contribution is 0.253. The maximum atomic E-state index is 11.5. The van der Waals surface area contributed by atoms with Crippen molar-refractivity contribution in [2.75, 3.05) is 37.7 Å². The molecule has 1 aliphatic heterocycles. The van der Waals surface area contributed by atoms with Crippen molar-refractivity contribution >= 4 is 9.84 Å². The van der Waals surface area contributed by atoms with Gasteiger partial charge in [-0.3, -0.25) is 4.90 Å². The van der Waals surface area contributed by atoms with Crippen molar-refractivity contribution in [1.82, 2.24) is 10.2 Å². The van der Waals surface area contributed by atoms with Gasteiger partial charge >= 0.3 is 0 Å². The standard InChI is InChI=1S/C12H26N2O2S/c1-3-9-17(15,16)10-6-13-11-12(2)14-7-4-5-8-14/h12-13H,3-11H2,1-2H3. The molecule has 1 aliphatic rings. The van der Waals surface area contributed by atoms with Crippen molar-refractivity contribution in [2.45, 2.75) is 39.2 Å². The van der Waals surface area contributed by atoms with Crippen LogP contribution in [0.4, 0.5) is 0 Å². The van der Waals surface area contributed by atoms with Crippen LogP contribution in [0.15, 0.2) is 0 Å². The van der Waals surface area contributed by atoms with Crippen LogP contribution in [0.1, 0.15) is 33.1 Å². The fourth-order valence-electron chi connectivity index (χ4n) is 2.26. The normalized spacial score (nSPS) is 19.6. The first kappa shape index (κ1) is 14.9. The van der Waals surface area contributed by atoms with Gasteiger partial charge in [-0.1, -0.05) is 6.92 Å². The van der Waals surface area contributed by atoms with Crippen molar-refractivity contribution in [3.8, 4) is 0 Å². The van der Waals surface area contributed by atoms with Crippen LogP contribution in [0.25, 0.3) is 0 Å². The third-order valence-corrected chi connectivity index (χ3v) is 5.17. The lowest BCUT2D eigenvalue weighted by atomic mass is 10.3. The van der Waals surface area contributed by atoms with Gasteiger partial charge in [0.1, 0.15) is 0 Å². The molecular formula is C12H26N2O2S. The topological polar surface area (TPSA) is 49.4 Å². The molecule has 0 aromatic heterocycles. The third kappa shape index (κ3) is 5.84. The van der Waals surface area contributed by atoms with Gasteiger partial charge in [0.2, 0.25) is 0 Å². The zero-order chi connectivity index (χ0) is 12.7. The molecule has 0 spiro atoms. The lowest BCUT2D eigenvalue weighted by Gasteiger charge is -2.23. The average Bonchev–Trinajstić information content (AvgIpc) is 2.77. The second-order valence-corrected chi connectivity index (χ2v) is 7.25. The van der Waals surface area contributed by atoms with E-state index in [0.29, 0.717) is 24.8 Å². The Morgan fingerprint density at radius 3 is 2.47 bits per heavy atom. The molecule has 0 aromatic carbocycles. The SMILES string of the molecule is CCCS(=O)(=O)CCNCC(C)N1CCCC1. The monoisotopic (exact) mass is 262 g/mol. The molecule has 5 heteroatoms. The van der Waals surface area contributed by atoms with Crippen molar-refractivity contribution < 1.29 is 8.42 Å². The molecule has 4 nitrogen and oxygen atoms in total. The van der Waals surface area contributed by atoms with Gasteiger partial charge in [-0.25, -0.2) is 8.42 Å². The molecule has 102 valence electrons. The summed E-state index contributed by atoms with van der Waals surface area (Å²) in [6.07, 6.45) is 3.32. The van der Waals surface area contributed by atoms with E-state index >= 15 is 0 Å². The number of hydrogen-bond donors (Lipinski definition) is 1. The van der Waals surface area contributed by atoms with E-state index in [0.717, 1.165) is 6.54 Å². The van der Waals surface area contributed by atoms with E-state index in [9.17, 15) is 8.42 Å². The molecular weight excluding hydrogens is 236 g/mol. The molecule has 17 heavy (non-hydrogen) atoms. The molecule has 0 amide bonds. The number of nitrogens with one attached hydrogen (secondary N) is 1. The van der Waals surface area contributed by atoms with Crippen molar-refractivity contribution in [2.24, 2.45) is 0 Å². The van der Waals surface area contributed by atoms with Gasteiger partial charge in [0, 0.05) is 24.9 Å². The predicted molar refractivity (Wildman–Crippen MR) is 72.1 cm³/mol. The molecule has 0 bridgehead atoms. The second kappa shape index (κ2) is 7.34. The van der Waals surface area contributed by atoms with Crippen LogP contribution < -0.4 is 5.32 Å². The number of rotatable bonds is 8. The minimum Gasteiger partial charge on any atom is -0.314 e. The minimum absolute atomic E-state index is 0.271. The first-order valence-electron chi connectivity index (χ1n) is 6.70. The number of sulfone groups is 1. The van der Waals surface area contributed by atoms with Crippen LogP contribution in [-0.4, -0.2) is 57.0 Å². The highest BCUT2D eigenvalue weighted by Gasteiger charge is 2.17. The molecule has 1 rings (SSSR count). The zero-order valence-electron chi connectivity index (χ0n) is 11.1. The molecule has 1 heterocycles. The van der Waals surface area contributed by atoms with Crippen LogP contribution >= 0.6 is 0 Å². The maximum absolute atomic E-state index is 11.5. The summed E-state index contributed by atoms with van der Waals surface area (Å²) in [5, 5.41) is 3.26. The summed E-state index contributed by atoms with van der Waals surface area (Å²) >= 11 is 0. The Bertz CT molecular complexity index is 298. The van der Waals surface area contributed by atoms with E-state index in [1.54, 1.807) is 0 Å². The van der Waals surface area contributed by atoms with Gasteiger partial charge < -0.3 is 5.32 Å². The lowest BCUT2D eigenvalue weighted by Crippen LogP contribution is -2.39. The average molecular weight is 262 g/mol. The Kier molecular flexibility index (Phi) is 6.44. The number of likely N-dealkylation sites (tertiary alicyclic amines) is 1. The third-order valence-electron chi connectivity index (χ3n) is 3.31. The smallest absolute Gasteiger partial charge is 0.151 e. The summed E-state index contributed by atoms with van der Waals surface area (Å²) in [6.45, 7) is 7.97. The quantitative estimate of drug-likeness (QED) is 0.660. The highest BCUT2D eigenvalue weighted by atomic mass is 32.2. The van der Waals surface area contributed by atoms with E-state index in [2.05, 4.69) is 17.1 Å². The first-order chi connectivity index (χ1) is 8.05. The first-order valence-corrected chi connectivity index (χ1v) is 8.52. The highest BCUT2D eigenvalue weighted by molar-refractivity contribution is 7.91. The second-order valence-electron chi connectivity index (χ2n) is 4.95. The van der Waals surface area contributed by atoms with Crippen LogP contribution in [0.5, 0.6) is 0 Å². The van der Waals surface area contributed by atoms with E-state index < -0.39 is 9.84 Å². The van der Waals surface area contributed by atoms with E-state index in [1.807, 2.05) is 6.92 Å². The maximum Gasteiger partial charge on any atom is 0.151 e. The van der Waals surface area contributed by atoms with E-state index in [-0.39, 0.29) is 5.75 Å². The van der Waals surface area contributed by atoms with Gasteiger partial charge in [0.05, 0.1) is 5.75 Å². The Balaban J connectivity index is 2.11. The van der Waals surface area contributed by atoms with Crippen molar-refractivity contribution in [1.29, 1.82) is 0 Å².